The second kappa shape index (κ2) is 6.89. The van der Waals surface area contributed by atoms with Crippen molar-refractivity contribution in [2.24, 2.45) is 0 Å². The fourth-order valence-electron chi connectivity index (χ4n) is 1.51. The van der Waals surface area contributed by atoms with Gasteiger partial charge in [0.05, 0.1) is 6.26 Å². The summed E-state index contributed by atoms with van der Waals surface area (Å²) in [6.07, 6.45) is 0.705. The van der Waals surface area contributed by atoms with Gasteiger partial charge >= 0.3 is 28.0 Å². The summed E-state index contributed by atoms with van der Waals surface area (Å²) >= 11 is 0. The lowest BCUT2D eigenvalue weighted by Gasteiger charge is -2.13. The van der Waals surface area contributed by atoms with E-state index in [0.29, 0.717) is 5.56 Å². The van der Waals surface area contributed by atoms with Crippen molar-refractivity contribution in [1.82, 2.24) is 5.32 Å². The SMILES string of the molecule is CS(=O)(=O)Oc1ccc(CC(NC(=O)C(=O)O)C(=O)O)cc1. The Balaban J connectivity index is 2.80. The third-order valence-corrected chi connectivity index (χ3v) is 2.90. The highest BCUT2D eigenvalue weighted by atomic mass is 32.2. The molecule has 3 N–H and O–H groups in total. The maximum atomic E-state index is 11.0. The molecule has 1 amide bonds. The van der Waals surface area contributed by atoms with E-state index in [1.807, 2.05) is 5.32 Å². The summed E-state index contributed by atoms with van der Waals surface area (Å²) in [6, 6.07) is 4.01. The van der Waals surface area contributed by atoms with Gasteiger partial charge in [-0.05, 0) is 17.7 Å². The summed E-state index contributed by atoms with van der Waals surface area (Å²) in [7, 11) is -3.67. The van der Waals surface area contributed by atoms with Crippen molar-refractivity contribution in [3.8, 4) is 5.75 Å². The van der Waals surface area contributed by atoms with Crippen LogP contribution in [0.1, 0.15) is 5.56 Å². The Kier molecular flexibility index (Phi) is 5.46. The molecule has 0 aliphatic rings. The monoisotopic (exact) mass is 331 g/mol. The summed E-state index contributed by atoms with van der Waals surface area (Å²) in [5, 5.41) is 19.3. The molecule has 0 saturated carbocycles. The number of benzene rings is 1. The lowest BCUT2D eigenvalue weighted by Crippen LogP contribution is -2.45. The van der Waals surface area contributed by atoms with Crippen LogP contribution in [0.4, 0.5) is 0 Å². The van der Waals surface area contributed by atoms with Crippen LogP contribution in [0.5, 0.6) is 5.75 Å². The highest BCUT2D eigenvalue weighted by Gasteiger charge is 2.23. The minimum Gasteiger partial charge on any atom is -0.480 e. The second-order valence-electron chi connectivity index (χ2n) is 4.30. The molecule has 0 spiro atoms. The molecular weight excluding hydrogens is 318 g/mol. The highest BCUT2D eigenvalue weighted by Crippen LogP contribution is 2.15. The Labute approximate surface area is 125 Å². The number of aliphatic carboxylic acids is 2. The number of carboxylic acids is 2. The Bertz CT molecular complexity index is 680. The molecule has 9 nitrogen and oxygen atoms in total. The Morgan fingerprint density at radius 1 is 1.18 bits per heavy atom. The largest absolute Gasteiger partial charge is 0.480 e. The number of hydrogen-bond acceptors (Lipinski definition) is 6. The normalized spacial score (nSPS) is 12.2. The maximum Gasteiger partial charge on any atom is 0.394 e. The lowest BCUT2D eigenvalue weighted by atomic mass is 10.1. The van der Waals surface area contributed by atoms with E-state index < -0.39 is 34.0 Å². The number of hydrogen-bond donors (Lipinski definition) is 3. The van der Waals surface area contributed by atoms with Crippen LogP contribution in [0.15, 0.2) is 24.3 Å². The van der Waals surface area contributed by atoms with Crippen molar-refractivity contribution in [2.75, 3.05) is 6.26 Å². The zero-order valence-corrected chi connectivity index (χ0v) is 12.2. The van der Waals surface area contributed by atoms with Gasteiger partial charge in [0.25, 0.3) is 0 Å². The van der Waals surface area contributed by atoms with E-state index >= 15 is 0 Å². The van der Waals surface area contributed by atoms with E-state index in [1.165, 1.54) is 24.3 Å². The minimum atomic E-state index is -3.67. The Morgan fingerprint density at radius 2 is 1.73 bits per heavy atom. The van der Waals surface area contributed by atoms with E-state index in [1.54, 1.807) is 0 Å². The smallest absolute Gasteiger partial charge is 0.394 e. The van der Waals surface area contributed by atoms with Crippen molar-refractivity contribution in [3.63, 3.8) is 0 Å². The zero-order chi connectivity index (χ0) is 16.9. The van der Waals surface area contributed by atoms with Crippen molar-refractivity contribution >= 4 is 28.0 Å². The quantitative estimate of drug-likeness (QED) is 0.454. The molecule has 0 aliphatic heterocycles. The van der Waals surface area contributed by atoms with Crippen LogP contribution >= 0.6 is 0 Å². The highest BCUT2D eigenvalue weighted by molar-refractivity contribution is 7.86. The third-order valence-electron chi connectivity index (χ3n) is 2.41. The van der Waals surface area contributed by atoms with E-state index in [9.17, 15) is 22.8 Å². The van der Waals surface area contributed by atoms with Crippen molar-refractivity contribution in [3.05, 3.63) is 29.8 Å². The fraction of sp³-hybridized carbons (Fsp3) is 0.250. The average molecular weight is 331 g/mol. The minimum absolute atomic E-state index is 0.0488. The first kappa shape index (κ1) is 17.4. The molecule has 1 aromatic rings. The van der Waals surface area contributed by atoms with Gasteiger partial charge in [-0.15, -0.1) is 0 Å². The number of carbonyl (C=O) groups is 3. The molecule has 1 aromatic carbocycles. The number of carboxylic acid groups (broad SMARTS) is 2. The molecule has 1 atom stereocenters. The molecule has 0 heterocycles. The number of nitrogens with one attached hydrogen (secondary N) is 1. The van der Waals surface area contributed by atoms with E-state index in [-0.39, 0.29) is 12.2 Å². The topological polar surface area (TPSA) is 147 Å². The molecule has 0 fully saturated rings. The first-order valence-corrected chi connectivity index (χ1v) is 7.65. The zero-order valence-electron chi connectivity index (χ0n) is 11.3. The molecule has 22 heavy (non-hydrogen) atoms. The molecule has 120 valence electrons. The van der Waals surface area contributed by atoms with Gasteiger partial charge in [0.1, 0.15) is 11.8 Å². The van der Waals surface area contributed by atoms with Crippen LogP contribution < -0.4 is 9.50 Å². The summed E-state index contributed by atoms with van der Waals surface area (Å²) in [5.41, 5.74) is 0.443. The van der Waals surface area contributed by atoms with Gasteiger partial charge in [-0.2, -0.15) is 8.42 Å². The molecule has 1 unspecified atom stereocenters. The van der Waals surface area contributed by atoms with E-state index in [4.69, 9.17) is 10.2 Å². The molecular formula is C12H13NO8S. The van der Waals surface area contributed by atoms with Crippen molar-refractivity contribution in [1.29, 1.82) is 0 Å². The van der Waals surface area contributed by atoms with Gasteiger partial charge in [0.15, 0.2) is 0 Å². The van der Waals surface area contributed by atoms with Gasteiger partial charge in [0, 0.05) is 6.42 Å². The summed E-state index contributed by atoms with van der Waals surface area (Å²) < 4.78 is 26.5. The van der Waals surface area contributed by atoms with Crippen LogP contribution in [-0.4, -0.2) is 48.8 Å². The van der Waals surface area contributed by atoms with Crippen molar-refractivity contribution in [2.45, 2.75) is 12.5 Å². The van der Waals surface area contributed by atoms with Crippen LogP contribution in [0.25, 0.3) is 0 Å². The van der Waals surface area contributed by atoms with Gasteiger partial charge in [0.2, 0.25) is 0 Å². The van der Waals surface area contributed by atoms with E-state index in [0.717, 1.165) is 6.26 Å². The first-order valence-electron chi connectivity index (χ1n) is 5.83. The predicted octanol–water partition coefficient (Wildman–Crippen LogP) is -0.778. The average Bonchev–Trinajstić information content (AvgIpc) is 2.38. The third kappa shape index (κ3) is 5.79. The van der Waals surface area contributed by atoms with E-state index in [2.05, 4.69) is 4.18 Å². The van der Waals surface area contributed by atoms with Crippen LogP contribution in [0, 0.1) is 0 Å². The number of rotatable bonds is 6. The number of amides is 1. The summed E-state index contributed by atoms with van der Waals surface area (Å²) in [5.74, 6) is -4.56. The van der Waals surface area contributed by atoms with Crippen LogP contribution in [0.3, 0.4) is 0 Å². The van der Waals surface area contributed by atoms with Gasteiger partial charge in [-0.25, -0.2) is 9.59 Å². The summed E-state index contributed by atoms with van der Waals surface area (Å²) in [4.78, 5) is 32.4. The molecule has 1 rings (SSSR count). The predicted molar refractivity (Wildman–Crippen MR) is 72.8 cm³/mol. The Morgan fingerprint density at radius 3 is 2.14 bits per heavy atom. The van der Waals surface area contributed by atoms with Crippen LogP contribution in [0.2, 0.25) is 0 Å². The Hall–Kier alpha value is -2.62. The van der Waals surface area contributed by atoms with Crippen molar-refractivity contribution < 1.29 is 37.2 Å². The second-order valence-corrected chi connectivity index (χ2v) is 5.88. The molecule has 0 saturated heterocycles. The fourth-order valence-corrected chi connectivity index (χ4v) is 1.97. The summed E-state index contributed by atoms with van der Waals surface area (Å²) in [6.45, 7) is 0. The number of carbonyl (C=O) groups excluding carboxylic acids is 1. The maximum absolute atomic E-state index is 11.0. The molecule has 10 heteroatoms. The van der Waals surface area contributed by atoms with Gasteiger partial charge in [-0.1, -0.05) is 12.1 Å². The molecule has 0 aliphatic carbocycles. The molecule has 0 radical (unpaired) electrons. The standard InChI is InChI=1S/C12H13NO8S/c1-22(19,20)21-8-4-2-7(3-5-8)6-9(11(15)16)13-10(14)12(17)18/h2-5,9H,6H2,1H3,(H,13,14)(H,15,16)(H,17,18). The molecule has 0 bridgehead atoms. The van der Waals surface area contributed by atoms with Crippen LogP contribution in [-0.2, 0) is 30.9 Å². The molecule has 0 aromatic heterocycles. The van der Waals surface area contributed by atoms with Gasteiger partial charge < -0.3 is 19.7 Å². The first-order chi connectivity index (χ1) is 10.1. The lowest BCUT2D eigenvalue weighted by molar-refractivity contribution is -0.152. The van der Waals surface area contributed by atoms with Gasteiger partial charge in [-0.3, -0.25) is 4.79 Å².